The third kappa shape index (κ3) is 7.32. The third-order valence-corrected chi connectivity index (χ3v) is 4.29. The Kier molecular flexibility index (Phi) is 10.1. The average Bonchev–Trinajstić information content (AvgIpc) is 2.62. The van der Waals surface area contributed by atoms with Gasteiger partial charge < -0.3 is 15.2 Å². The molecule has 148 valence electrons. The monoisotopic (exact) mass is 486 g/mol. The zero-order chi connectivity index (χ0) is 18.9. The highest BCUT2D eigenvalue weighted by Gasteiger charge is 2.02. The van der Waals surface area contributed by atoms with E-state index in [1.54, 1.807) is 36.7 Å². The van der Waals surface area contributed by atoms with E-state index in [1.165, 1.54) is 6.07 Å². The van der Waals surface area contributed by atoms with Gasteiger partial charge in [0.25, 0.3) is 5.56 Å². The van der Waals surface area contributed by atoms with Crippen molar-refractivity contribution in [3.63, 3.8) is 0 Å². The van der Waals surface area contributed by atoms with Gasteiger partial charge >= 0.3 is 0 Å². The van der Waals surface area contributed by atoms with Gasteiger partial charge in [-0.1, -0.05) is 18.2 Å². The Labute approximate surface area is 177 Å². The number of halogens is 2. The number of unbranched alkanes of at least 4 members (excludes halogenated alkanes) is 1. The van der Waals surface area contributed by atoms with Crippen molar-refractivity contribution in [2.45, 2.75) is 39.8 Å². The summed E-state index contributed by atoms with van der Waals surface area (Å²) in [6.45, 7) is 5.66. The van der Waals surface area contributed by atoms with Gasteiger partial charge in [-0.15, -0.1) is 24.0 Å². The lowest BCUT2D eigenvalue weighted by molar-refractivity contribution is 0.574. The molecule has 0 unspecified atom stereocenters. The summed E-state index contributed by atoms with van der Waals surface area (Å²) in [5.41, 5.74) is 2.54. The molecule has 2 aromatic rings. The van der Waals surface area contributed by atoms with Gasteiger partial charge in [-0.3, -0.25) is 9.79 Å². The minimum atomic E-state index is -0.196. The molecule has 0 saturated heterocycles. The van der Waals surface area contributed by atoms with Crippen LogP contribution in [0.25, 0.3) is 0 Å². The minimum absolute atomic E-state index is 0. The van der Waals surface area contributed by atoms with Crippen molar-refractivity contribution < 1.29 is 4.39 Å². The second kappa shape index (κ2) is 11.7. The first-order valence-corrected chi connectivity index (χ1v) is 8.87. The summed E-state index contributed by atoms with van der Waals surface area (Å²) in [6.07, 6.45) is 1.82. The number of hydrogen-bond donors (Lipinski definition) is 2. The topological polar surface area (TPSA) is 58.4 Å². The maximum Gasteiger partial charge on any atom is 0.250 e. The number of rotatable bonds is 7. The van der Waals surface area contributed by atoms with E-state index in [4.69, 9.17) is 0 Å². The Morgan fingerprint density at radius 3 is 2.59 bits per heavy atom. The summed E-state index contributed by atoms with van der Waals surface area (Å²) in [7, 11) is 1.71. The number of aliphatic imine (C=N–C) groups is 1. The van der Waals surface area contributed by atoms with Crippen LogP contribution in [0.3, 0.4) is 0 Å². The molecule has 0 radical (unpaired) electrons. The van der Waals surface area contributed by atoms with Crippen molar-refractivity contribution in [3.8, 4) is 0 Å². The van der Waals surface area contributed by atoms with E-state index >= 15 is 0 Å². The number of aryl methyl sites for hydroxylation is 2. The van der Waals surface area contributed by atoms with Crippen molar-refractivity contribution in [1.82, 2.24) is 15.2 Å². The molecule has 1 aromatic carbocycles. The average molecular weight is 486 g/mol. The fourth-order valence-electron chi connectivity index (χ4n) is 2.66. The van der Waals surface area contributed by atoms with Crippen molar-refractivity contribution in [2.24, 2.45) is 4.99 Å². The largest absolute Gasteiger partial charge is 0.356 e. The normalized spacial score (nSPS) is 11.0. The van der Waals surface area contributed by atoms with Crippen LogP contribution >= 0.6 is 24.0 Å². The van der Waals surface area contributed by atoms with E-state index in [9.17, 15) is 9.18 Å². The standard InChI is InChI=1S/C20H27FN4O.HI/c1-15-9-10-17(13-18(15)21)14-24-20(22-3)23-11-4-5-12-25-16(2)7-6-8-19(25)26;/h6-10,13H,4-5,11-12,14H2,1-3H3,(H2,22,23,24);1H. The van der Waals surface area contributed by atoms with Crippen molar-refractivity contribution in [1.29, 1.82) is 0 Å². The molecule has 0 saturated carbocycles. The molecule has 1 aromatic heterocycles. The van der Waals surface area contributed by atoms with Crippen LogP contribution in [0.1, 0.15) is 29.7 Å². The Morgan fingerprint density at radius 2 is 1.93 bits per heavy atom. The molecule has 0 atom stereocenters. The Bertz CT molecular complexity index is 820. The van der Waals surface area contributed by atoms with Gasteiger partial charge in [0.2, 0.25) is 0 Å². The van der Waals surface area contributed by atoms with E-state index < -0.39 is 0 Å². The molecule has 0 spiro atoms. The molecular weight excluding hydrogens is 458 g/mol. The SMILES string of the molecule is CN=C(NCCCCn1c(C)cccc1=O)NCc1ccc(C)c(F)c1.I. The van der Waals surface area contributed by atoms with E-state index in [0.29, 0.717) is 24.6 Å². The van der Waals surface area contributed by atoms with E-state index in [-0.39, 0.29) is 35.4 Å². The Hall–Kier alpha value is -1.90. The van der Waals surface area contributed by atoms with Gasteiger partial charge in [0.1, 0.15) is 5.82 Å². The van der Waals surface area contributed by atoms with Gasteiger partial charge in [0.15, 0.2) is 5.96 Å². The van der Waals surface area contributed by atoms with Gasteiger partial charge in [-0.2, -0.15) is 0 Å². The van der Waals surface area contributed by atoms with Gasteiger partial charge in [-0.25, -0.2) is 4.39 Å². The van der Waals surface area contributed by atoms with Crippen molar-refractivity contribution >= 4 is 29.9 Å². The molecule has 2 N–H and O–H groups in total. The minimum Gasteiger partial charge on any atom is -0.356 e. The second-order valence-corrected chi connectivity index (χ2v) is 6.30. The summed E-state index contributed by atoms with van der Waals surface area (Å²) < 4.78 is 15.4. The fraction of sp³-hybridized carbons (Fsp3) is 0.400. The Morgan fingerprint density at radius 1 is 1.15 bits per heavy atom. The molecule has 0 amide bonds. The fourth-order valence-corrected chi connectivity index (χ4v) is 2.66. The summed E-state index contributed by atoms with van der Waals surface area (Å²) in [6, 6.07) is 10.5. The van der Waals surface area contributed by atoms with Gasteiger partial charge in [0.05, 0.1) is 0 Å². The van der Waals surface area contributed by atoms with Crippen LogP contribution in [0.2, 0.25) is 0 Å². The molecule has 0 aliphatic rings. The zero-order valence-electron chi connectivity index (χ0n) is 16.1. The molecule has 27 heavy (non-hydrogen) atoms. The first kappa shape index (κ1) is 23.1. The lowest BCUT2D eigenvalue weighted by Gasteiger charge is -2.13. The first-order valence-electron chi connectivity index (χ1n) is 8.87. The van der Waals surface area contributed by atoms with Gasteiger partial charge in [0, 0.05) is 38.4 Å². The second-order valence-electron chi connectivity index (χ2n) is 6.30. The quantitative estimate of drug-likeness (QED) is 0.273. The first-order chi connectivity index (χ1) is 12.5. The number of benzene rings is 1. The van der Waals surface area contributed by atoms with Gasteiger partial charge in [-0.05, 0) is 49.9 Å². The van der Waals surface area contributed by atoms with Crippen LogP contribution in [0.4, 0.5) is 4.39 Å². The van der Waals surface area contributed by atoms with Crippen LogP contribution in [0.15, 0.2) is 46.2 Å². The molecule has 0 bridgehead atoms. The molecule has 0 fully saturated rings. The summed E-state index contributed by atoms with van der Waals surface area (Å²) in [5, 5.41) is 6.42. The summed E-state index contributed by atoms with van der Waals surface area (Å²) >= 11 is 0. The van der Waals surface area contributed by atoms with Crippen LogP contribution < -0.4 is 16.2 Å². The third-order valence-electron chi connectivity index (χ3n) is 4.29. The lowest BCUT2D eigenvalue weighted by atomic mass is 10.1. The predicted molar refractivity (Wildman–Crippen MR) is 119 cm³/mol. The van der Waals surface area contributed by atoms with Crippen LogP contribution in [-0.4, -0.2) is 24.1 Å². The molecule has 0 aliphatic carbocycles. The zero-order valence-corrected chi connectivity index (χ0v) is 18.4. The predicted octanol–water partition coefficient (Wildman–Crippen LogP) is 3.37. The van der Waals surface area contributed by atoms with E-state index in [0.717, 1.165) is 30.6 Å². The molecule has 2 rings (SSSR count). The molecule has 1 heterocycles. The summed E-state index contributed by atoms with van der Waals surface area (Å²) in [4.78, 5) is 16.0. The molecular formula is C20H28FIN4O. The number of pyridine rings is 1. The smallest absolute Gasteiger partial charge is 0.250 e. The van der Waals surface area contributed by atoms with Crippen molar-refractivity contribution in [3.05, 3.63) is 69.4 Å². The number of aromatic nitrogens is 1. The Balaban J connectivity index is 0.00000364. The van der Waals surface area contributed by atoms with Crippen LogP contribution in [0, 0.1) is 19.7 Å². The van der Waals surface area contributed by atoms with Crippen LogP contribution in [-0.2, 0) is 13.1 Å². The number of nitrogens with one attached hydrogen (secondary N) is 2. The van der Waals surface area contributed by atoms with E-state index in [2.05, 4.69) is 15.6 Å². The highest BCUT2D eigenvalue weighted by Crippen LogP contribution is 2.08. The highest BCUT2D eigenvalue weighted by molar-refractivity contribution is 14.0. The number of hydrogen-bond acceptors (Lipinski definition) is 2. The number of guanidine groups is 1. The van der Waals surface area contributed by atoms with Crippen molar-refractivity contribution in [2.75, 3.05) is 13.6 Å². The highest BCUT2D eigenvalue weighted by atomic mass is 127. The van der Waals surface area contributed by atoms with Crippen LogP contribution in [0.5, 0.6) is 0 Å². The molecule has 5 nitrogen and oxygen atoms in total. The maximum absolute atomic E-state index is 13.6. The maximum atomic E-state index is 13.6. The lowest BCUT2D eigenvalue weighted by Crippen LogP contribution is -2.37. The van der Waals surface area contributed by atoms with E-state index in [1.807, 2.05) is 19.1 Å². The molecule has 7 heteroatoms. The summed E-state index contributed by atoms with van der Waals surface area (Å²) in [5.74, 6) is 0.484. The molecule has 0 aliphatic heterocycles. The number of nitrogens with zero attached hydrogens (tertiary/aromatic N) is 2.